The van der Waals surface area contributed by atoms with Crippen LogP contribution in [0.4, 0.5) is 0 Å². The number of H-pyrrole nitrogens is 1. The number of aryl methyl sites for hydroxylation is 1. The van der Waals surface area contributed by atoms with Gasteiger partial charge in [-0.3, -0.25) is 0 Å². The van der Waals surface area contributed by atoms with Gasteiger partial charge in [0.2, 0.25) is 0 Å². The standard InChI is InChI=1S/C32H49N/c1-2-3-4-5-6-7-8-9-10-11-12-13-14-15-16-17-18-19-22-28-25-26-30-29-23-20-21-24-31(29)33-32(30)27-28/h20-21,23-27,33H,2-19,22H2,1H3. The van der Waals surface area contributed by atoms with Crippen molar-refractivity contribution in [2.24, 2.45) is 0 Å². The van der Waals surface area contributed by atoms with Gasteiger partial charge in [0.15, 0.2) is 0 Å². The molecule has 1 aromatic heterocycles. The van der Waals surface area contributed by atoms with Gasteiger partial charge < -0.3 is 4.98 Å². The van der Waals surface area contributed by atoms with Crippen molar-refractivity contribution < 1.29 is 0 Å². The van der Waals surface area contributed by atoms with E-state index < -0.39 is 0 Å². The second-order valence-corrected chi connectivity index (χ2v) is 10.3. The first kappa shape index (κ1) is 25.9. The molecule has 0 aliphatic heterocycles. The summed E-state index contributed by atoms with van der Waals surface area (Å²) in [5, 5.41) is 2.69. The lowest BCUT2D eigenvalue weighted by atomic mass is 10.0. The minimum atomic E-state index is 1.21. The summed E-state index contributed by atoms with van der Waals surface area (Å²) >= 11 is 0. The molecule has 0 saturated heterocycles. The molecule has 1 heterocycles. The third-order valence-electron chi connectivity index (χ3n) is 7.39. The van der Waals surface area contributed by atoms with E-state index >= 15 is 0 Å². The fraction of sp³-hybridized carbons (Fsp3) is 0.625. The molecular weight excluding hydrogens is 398 g/mol. The van der Waals surface area contributed by atoms with Crippen LogP contribution in [0.3, 0.4) is 0 Å². The number of aromatic nitrogens is 1. The van der Waals surface area contributed by atoms with Crippen molar-refractivity contribution in [2.75, 3.05) is 0 Å². The van der Waals surface area contributed by atoms with Gasteiger partial charge in [-0.05, 0) is 30.5 Å². The van der Waals surface area contributed by atoms with E-state index in [0.29, 0.717) is 0 Å². The lowest BCUT2D eigenvalue weighted by Crippen LogP contribution is -1.87. The monoisotopic (exact) mass is 447 g/mol. The predicted octanol–water partition coefficient (Wildman–Crippen LogP) is 10.9. The third-order valence-corrected chi connectivity index (χ3v) is 7.39. The Morgan fingerprint density at radius 3 is 1.55 bits per heavy atom. The summed E-state index contributed by atoms with van der Waals surface area (Å²) in [5.74, 6) is 0. The molecule has 0 unspecified atom stereocenters. The normalized spacial score (nSPS) is 11.7. The first-order valence-electron chi connectivity index (χ1n) is 14.4. The molecular formula is C32H49N. The maximum absolute atomic E-state index is 3.58. The number of hydrogen-bond donors (Lipinski definition) is 1. The Balaban J connectivity index is 1.12. The van der Waals surface area contributed by atoms with E-state index in [1.807, 2.05) is 0 Å². The maximum Gasteiger partial charge on any atom is 0.0467 e. The number of unbranched alkanes of at least 4 members (excludes halogenated alkanes) is 17. The van der Waals surface area contributed by atoms with Crippen molar-refractivity contribution in [1.82, 2.24) is 4.98 Å². The van der Waals surface area contributed by atoms with Gasteiger partial charge in [0.05, 0.1) is 0 Å². The van der Waals surface area contributed by atoms with E-state index in [1.54, 1.807) is 0 Å². The molecule has 0 bridgehead atoms. The second-order valence-electron chi connectivity index (χ2n) is 10.3. The molecule has 3 rings (SSSR count). The van der Waals surface area contributed by atoms with E-state index in [-0.39, 0.29) is 0 Å². The summed E-state index contributed by atoms with van der Waals surface area (Å²) in [7, 11) is 0. The molecule has 0 aliphatic rings. The Morgan fingerprint density at radius 2 is 0.970 bits per heavy atom. The Labute approximate surface area is 203 Å². The van der Waals surface area contributed by atoms with Gasteiger partial charge in [0, 0.05) is 21.8 Å². The van der Waals surface area contributed by atoms with E-state index in [2.05, 4.69) is 54.4 Å². The van der Waals surface area contributed by atoms with E-state index in [9.17, 15) is 0 Å². The minimum absolute atomic E-state index is 1.21. The summed E-state index contributed by atoms with van der Waals surface area (Å²) in [4.78, 5) is 3.58. The Hall–Kier alpha value is -1.76. The zero-order valence-corrected chi connectivity index (χ0v) is 21.5. The number of rotatable bonds is 19. The van der Waals surface area contributed by atoms with Gasteiger partial charge in [0.25, 0.3) is 0 Å². The first-order chi connectivity index (χ1) is 16.4. The summed E-state index contributed by atoms with van der Waals surface area (Å²) < 4.78 is 0. The topological polar surface area (TPSA) is 15.8 Å². The summed E-state index contributed by atoms with van der Waals surface area (Å²) in [6, 6.07) is 15.6. The Bertz CT molecular complexity index is 890. The van der Waals surface area contributed by atoms with Crippen LogP contribution in [0.25, 0.3) is 21.8 Å². The lowest BCUT2D eigenvalue weighted by molar-refractivity contribution is 0.525. The van der Waals surface area contributed by atoms with Gasteiger partial charge in [-0.25, -0.2) is 0 Å². The van der Waals surface area contributed by atoms with E-state index in [4.69, 9.17) is 0 Å². The molecule has 1 N–H and O–H groups in total. The zero-order valence-electron chi connectivity index (χ0n) is 21.5. The fourth-order valence-electron chi connectivity index (χ4n) is 5.29. The molecule has 1 nitrogen and oxygen atoms in total. The highest BCUT2D eigenvalue weighted by Gasteiger charge is 2.04. The molecule has 0 radical (unpaired) electrons. The van der Waals surface area contributed by atoms with Crippen LogP contribution < -0.4 is 0 Å². The van der Waals surface area contributed by atoms with Crippen LogP contribution in [0, 0.1) is 0 Å². The highest BCUT2D eigenvalue weighted by Crippen LogP contribution is 2.26. The van der Waals surface area contributed by atoms with Crippen LogP contribution in [0.2, 0.25) is 0 Å². The van der Waals surface area contributed by atoms with Crippen LogP contribution in [0.15, 0.2) is 42.5 Å². The smallest absolute Gasteiger partial charge is 0.0467 e. The van der Waals surface area contributed by atoms with Crippen LogP contribution in [-0.4, -0.2) is 4.98 Å². The first-order valence-corrected chi connectivity index (χ1v) is 14.4. The minimum Gasteiger partial charge on any atom is -0.355 e. The van der Waals surface area contributed by atoms with Crippen LogP contribution in [0.5, 0.6) is 0 Å². The molecule has 2 aromatic carbocycles. The molecule has 0 saturated carbocycles. The molecule has 33 heavy (non-hydrogen) atoms. The second kappa shape index (κ2) is 16.0. The summed E-state index contributed by atoms with van der Waals surface area (Å²) in [6.45, 7) is 2.30. The lowest BCUT2D eigenvalue weighted by Gasteiger charge is -2.04. The molecule has 0 fully saturated rings. The van der Waals surface area contributed by atoms with Crippen molar-refractivity contribution in [3.05, 3.63) is 48.0 Å². The quantitative estimate of drug-likeness (QED) is 0.176. The van der Waals surface area contributed by atoms with E-state index in [1.165, 1.54) is 149 Å². The van der Waals surface area contributed by atoms with Crippen molar-refractivity contribution in [3.8, 4) is 0 Å². The summed E-state index contributed by atoms with van der Waals surface area (Å²) in [5.41, 5.74) is 4.01. The van der Waals surface area contributed by atoms with Gasteiger partial charge >= 0.3 is 0 Å². The molecule has 3 aromatic rings. The fourth-order valence-corrected chi connectivity index (χ4v) is 5.29. The number of benzene rings is 2. The number of nitrogens with one attached hydrogen (secondary N) is 1. The number of fused-ring (bicyclic) bond motifs is 3. The van der Waals surface area contributed by atoms with Crippen molar-refractivity contribution in [3.63, 3.8) is 0 Å². The number of hydrogen-bond acceptors (Lipinski definition) is 0. The number of para-hydroxylation sites is 1. The van der Waals surface area contributed by atoms with E-state index in [0.717, 1.165) is 0 Å². The average Bonchev–Trinajstić information content (AvgIpc) is 3.21. The van der Waals surface area contributed by atoms with Crippen molar-refractivity contribution in [2.45, 2.75) is 129 Å². The Morgan fingerprint density at radius 1 is 0.485 bits per heavy atom. The van der Waals surface area contributed by atoms with Crippen molar-refractivity contribution in [1.29, 1.82) is 0 Å². The molecule has 0 atom stereocenters. The van der Waals surface area contributed by atoms with Gasteiger partial charge in [0.1, 0.15) is 0 Å². The molecule has 182 valence electrons. The highest BCUT2D eigenvalue weighted by molar-refractivity contribution is 6.07. The zero-order chi connectivity index (χ0) is 23.0. The third kappa shape index (κ3) is 9.55. The molecule has 1 heteroatoms. The molecule has 0 amide bonds. The van der Waals surface area contributed by atoms with Crippen LogP contribution >= 0.6 is 0 Å². The number of aromatic amines is 1. The predicted molar refractivity (Wildman–Crippen MR) is 148 cm³/mol. The van der Waals surface area contributed by atoms with Crippen molar-refractivity contribution >= 4 is 21.8 Å². The van der Waals surface area contributed by atoms with Crippen LogP contribution in [0.1, 0.15) is 128 Å². The van der Waals surface area contributed by atoms with Gasteiger partial charge in [-0.1, -0.05) is 146 Å². The SMILES string of the molecule is CCCCCCCCCCCCCCCCCCCCc1ccc2c(c1)[nH]c1ccccc12. The highest BCUT2D eigenvalue weighted by atomic mass is 14.7. The molecule has 0 aliphatic carbocycles. The molecule has 0 spiro atoms. The summed E-state index contributed by atoms with van der Waals surface area (Å²) in [6.07, 6.45) is 27.1. The average molecular weight is 448 g/mol. The largest absolute Gasteiger partial charge is 0.355 e. The maximum atomic E-state index is 3.58. The van der Waals surface area contributed by atoms with Gasteiger partial charge in [-0.2, -0.15) is 0 Å². The Kier molecular flexibility index (Phi) is 12.5. The van der Waals surface area contributed by atoms with Gasteiger partial charge in [-0.15, -0.1) is 0 Å². The van der Waals surface area contributed by atoms with Crippen LogP contribution in [-0.2, 0) is 6.42 Å².